The fourth-order valence-electron chi connectivity index (χ4n) is 1.91. The first-order chi connectivity index (χ1) is 8.74. The van der Waals surface area contributed by atoms with Crippen LogP contribution in [-0.4, -0.2) is 20.6 Å². The molecule has 1 aromatic heterocycles. The van der Waals surface area contributed by atoms with Crippen LogP contribution in [0.3, 0.4) is 0 Å². The molecule has 4 nitrogen and oxygen atoms in total. The van der Waals surface area contributed by atoms with E-state index in [1.807, 2.05) is 31.2 Å². The molecule has 0 amide bonds. The number of hydrogen-bond donors (Lipinski definition) is 0. The summed E-state index contributed by atoms with van der Waals surface area (Å²) in [6.45, 7) is 1.98. The highest BCUT2D eigenvalue weighted by atomic mass is 35.5. The first-order valence-electron chi connectivity index (χ1n) is 5.64. The van der Waals surface area contributed by atoms with Gasteiger partial charge in [0.15, 0.2) is 5.82 Å². The Labute approximate surface area is 110 Å². The molecule has 0 spiro atoms. The van der Waals surface area contributed by atoms with Crippen LogP contribution < -0.4 is 0 Å². The van der Waals surface area contributed by atoms with E-state index in [9.17, 15) is 0 Å². The molecule has 18 heavy (non-hydrogen) atoms. The lowest BCUT2D eigenvalue weighted by molar-refractivity contribution is 0.776. The summed E-state index contributed by atoms with van der Waals surface area (Å²) in [6, 6.07) is 7.76. The van der Waals surface area contributed by atoms with Gasteiger partial charge in [0.25, 0.3) is 0 Å². The van der Waals surface area contributed by atoms with Crippen LogP contribution in [0, 0.1) is 0 Å². The Morgan fingerprint density at radius 2 is 2.17 bits per heavy atom. The van der Waals surface area contributed by atoms with Gasteiger partial charge in [-0.05, 0) is 30.2 Å². The molecular weight excluding hydrogens is 248 g/mol. The molecule has 0 atom stereocenters. The Morgan fingerprint density at radius 3 is 3.00 bits per heavy atom. The summed E-state index contributed by atoms with van der Waals surface area (Å²) in [5, 5.41) is 13.0. The average molecular weight is 259 g/mol. The number of aromatic nitrogens is 3. The molecule has 1 aliphatic heterocycles. The van der Waals surface area contributed by atoms with Crippen molar-refractivity contribution in [1.29, 1.82) is 0 Å². The third-order valence-electron chi connectivity index (χ3n) is 2.90. The third kappa shape index (κ3) is 1.95. The van der Waals surface area contributed by atoms with Crippen LogP contribution in [0.1, 0.15) is 18.3 Å². The van der Waals surface area contributed by atoms with Gasteiger partial charge < -0.3 is 0 Å². The van der Waals surface area contributed by atoms with Crippen molar-refractivity contribution >= 4 is 23.4 Å². The Morgan fingerprint density at radius 1 is 1.33 bits per heavy atom. The minimum atomic E-state index is 0.723. The molecular formula is C13H11ClN4. The maximum Gasteiger partial charge on any atom is 0.158 e. The predicted octanol–water partition coefficient (Wildman–Crippen LogP) is 2.80. The monoisotopic (exact) mass is 258 g/mol. The second-order valence-corrected chi connectivity index (χ2v) is 4.55. The molecule has 0 bridgehead atoms. The fraction of sp³-hybridized carbons (Fsp3) is 0.154. The molecule has 0 unspecified atom stereocenters. The lowest BCUT2D eigenvalue weighted by atomic mass is 10.0. The molecule has 90 valence electrons. The molecule has 0 aliphatic carbocycles. The number of rotatable bonds is 1. The summed E-state index contributed by atoms with van der Waals surface area (Å²) in [5.41, 5.74) is 3.07. The number of allylic oxidation sites excluding steroid dienone is 1. The van der Waals surface area contributed by atoms with E-state index < -0.39 is 0 Å². The van der Waals surface area contributed by atoms with Gasteiger partial charge >= 0.3 is 0 Å². The Kier molecular flexibility index (Phi) is 2.72. The topological polar surface area (TPSA) is 43.1 Å². The highest BCUT2D eigenvalue weighted by Crippen LogP contribution is 2.22. The predicted molar refractivity (Wildman–Crippen MR) is 71.7 cm³/mol. The van der Waals surface area contributed by atoms with Gasteiger partial charge in [0.2, 0.25) is 0 Å². The third-order valence-corrected chi connectivity index (χ3v) is 3.25. The molecule has 0 saturated carbocycles. The van der Waals surface area contributed by atoms with Crippen LogP contribution in [0.5, 0.6) is 0 Å². The fourth-order valence-corrected chi connectivity index (χ4v) is 2.10. The molecule has 1 aliphatic rings. The Bertz CT molecular complexity index is 655. The molecule has 0 N–H and O–H groups in total. The lowest BCUT2D eigenvalue weighted by Gasteiger charge is -2.13. The summed E-state index contributed by atoms with van der Waals surface area (Å²) in [4.78, 5) is 0. The SMILES string of the molecule is CC1=Nn2cnnc2C/C1=C\c1ccccc1Cl. The Hall–Kier alpha value is -1.94. The first-order valence-corrected chi connectivity index (χ1v) is 6.02. The van der Waals surface area contributed by atoms with Crippen LogP contribution >= 0.6 is 11.6 Å². The second-order valence-electron chi connectivity index (χ2n) is 4.15. The minimum Gasteiger partial charge on any atom is -0.204 e. The highest BCUT2D eigenvalue weighted by Gasteiger charge is 2.15. The quantitative estimate of drug-likeness (QED) is 0.789. The lowest BCUT2D eigenvalue weighted by Crippen LogP contribution is -2.13. The largest absolute Gasteiger partial charge is 0.204 e. The van der Waals surface area contributed by atoms with Crippen LogP contribution in [-0.2, 0) is 6.42 Å². The molecule has 3 rings (SSSR count). The normalized spacial score (nSPS) is 16.6. The van der Waals surface area contributed by atoms with Crippen LogP contribution in [0.15, 0.2) is 41.3 Å². The van der Waals surface area contributed by atoms with Gasteiger partial charge in [-0.1, -0.05) is 29.8 Å². The van der Waals surface area contributed by atoms with Crippen LogP contribution in [0.2, 0.25) is 5.02 Å². The van der Waals surface area contributed by atoms with E-state index in [2.05, 4.69) is 21.4 Å². The molecule has 0 fully saturated rings. The standard InChI is InChI=1S/C13H11ClN4/c1-9-11(6-10-4-2-3-5-12(10)14)7-13-16-15-8-18(13)17-9/h2-6,8H,7H2,1H3/b11-6+. The number of hydrogen-bond acceptors (Lipinski definition) is 3. The zero-order valence-electron chi connectivity index (χ0n) is 9.84. The number of halogens is 1. The van der Waals surface area contributed by atoms with Crippen molar-refractivity contribution in [3.8, 4) is 0 Å². The van der Waals surface area contributed by atoms with Gasteiger partial charge in [-0.15, -0.1) is 10.2 Å². The van der Waals surface area contributed by atoms with Gasteiger partial charge in [0, 0.05) is 11.4 Å². The number of nitrogens with zero attached hydrogens (tertiary/aromatic N) is 4. The smallest absolute Gasteiger partial charge is 0.158 e. The minimum absolute atomic E-state index is 0.723. The van der Waals surface area contributed by atoms with E-state index in [4.69, 9.17) is 11.6 Å². The molecule has 1 aromatic carbocycles. The summed E-state index contributed by atoms with van der Waals surface area (Å²) >= 11 is 6.15. The van der Waals surface area contributed by atoms with E-state index >= 15 is 0 Å². The molecule has 0 saturated heterocycles. The van der Waals surface area contributed by atoms with Gasteiger partial charge in [-0.25, -0.2) is 4.68 Å². The zero-order valence-corrected chi connectivity index (χ0v) is 10.6. The molecule has 0 radical (unpaired) electrons. The van der Waals surface area contributed by atoms with Gasteiger partial charge in [0.05, 0.1) is 5.71 Å². The van der Waals surface area contributed by atoms with Gasteiger partial charge in [-0.2, -0.15) is 5.10 Å². The molecule has 2 heterocycles. The summed E-state index contributed by atoms with van der Waals surface area (Å²) in [5.74, 6) is 0.846. The van der Waals surface area contributed by atoms with E-state index in [1.54, 1.807) is 11.0 Å². The van der Waals surface area contributed by atoms with Gasteiger partial charge in [0.1, 0.15) is 6.33 Å². The van der Waals surface area contributed by atoms with E-state index in [0.717, 1.165) is 34.1 Å². The maximum absolute atomic E-state index is 6.15. The Balaban J connectivity index is 2.02. The van der Waals surface area contributed by atoms with Crippen molar-refractivity contribution < 1.29 is 0 Å². The zero-order chi connectivity index (χ0) is 12.5. The summed E-state index contributed by atoms with van der Waals surface area (Å²) in [7, 11) is 0. The summed E-state index contributed by atoms with van der Waals surface area (Å²) < 4.78 is 1.71. The number of benzene rings is 1. The molecule has 5 heteroatoms. The van der Waals surface area contributed by atoms with Crippen molar-refractivity contribution in [2.75, 3.05) is 0 Å². The van der Waals surface area contributed by atoms with Gasteiger partial charge in [-0.3, -0.25) is 0 Å². The van der Waals surface area contributed by atoms with Crippen LogP contribution in [0.4, 0.5) is 0 Å². The van der Waals surface area contributed by atoms with Crippen LogP contribution in [0.25, 0.3) is 6.08 Å². The number of fused-ring (bicyclic) bond motifs is 1. The first kappa shape index (κ1) is 11.2. The van der Waals surface area contributed by atoms with E-state index in [-0.39, 0.29) is 0 Å². The molecule has 2 aromatic rings. The van der Waals surface area contributed by atoms with Crippen molar-refractivity contribution in [3.63, 3.8) is 0 Å². The van der Waals surface area contributed by atoms with E-state index in [0.29, 0.717) is 0 Å². The maximum atomic E-state index is 6.15. The van der Waals surface area contributed by atoms with Crippen molar-refractivity contribution in [2.45, 2.75) is 13.3 Å². The summed E-state index contributed by atoms with van der Waals surface area (Å²) in [6.07, 6.45) is 4.39. The highest BCUT2D eigenvalue weighted by molar-refractivity contribution is 6.32. The van der Waals surface area contributed by atoms with Crippen molar-refractivity contribution in [2.24, 2.45) is 5.10 Å². The average Bonchev–Trinajstić information content (AvgIpc) is 2.79. The van der Waals surface area contributed by atoms with Crippen molar-refractivity contribution in [1.82, 2.24) is 14.9 Å². The van der Waals surface area contributed by atoms with E-state index in [1.165, 1.54) is 0 Å². The second kappa shape index (κ2) is 4.38. The van der Waals surface area contributed by atoms with Crippen molar-refractivity contribution in [3.05, 3.63) is 52.6 Å².